The van der Waals surface area contributed by atoms with E-state index in [1.807, 2.05) is 6.07 Å². The monoisotopic (exact) mass is 379 g/mol. The predicted octanol–water partition coefficient (Wildman–Crippen LogP) is 1.95. The molecule has 1 aromatic carbocycles. The van der Waals surface area contributed by atoms with Crippen LogP contribution in [-0.4, -0.2) is 39.1 Å². The largest absolute Gasteiger partial charge is 0.522 e. The lowest BCUT2D eigenvalue weighted by Gasteiger charge is -2.08. The number of rotatable bonds is 6. The Morgan fingerprint density at radius 1 is 1.30 bits per heavy atom. The van der Waals surface area contributed by atoms with Crippen molar-refractivity contribution in [2.24, 2.45) is 0 Å². The van der Waals surface area contributed by atoms with Crippen LogP contribution in [-0.2, 0) is 11.3 Å². The fourth-order valence-corrected chi connectivity index (χ4v) is 2.36. The highest BCUT2D eigenvalue weighted by molar-refractivity contribution is 5.69. The molecule has 0 fully saturated rings. The van der Waals surface area contributed by atoms with Crippen molar-refractivity contribution in [1.82, 2.24) is 19.5 Å². The van der Waals surface area contributed by atoms with Crippen LogP contribution >= 0.6 is 0 Å². The van der Waals surface area contributed by atoms with Gasteiger partial charge in [-0.1, -0.05) is 12.1 Å². The Morgan fingerprint density at radius 3 is 2.85 bits per heavy atom. The van der Waals surface area contributed by atoms with Crippen LogP contribution in [0.5, 0.6) is 6.01 Å². The molecule has 0 radical (unpaired) electrons. The first-order chi connectivity index (χ1) is 12.9. The Labute approximate surface area is 149 Å². The van der Waals surface area contributed by atoms with E-state index in [-0.39, 0.29) is 18.2 Å². The second-order valence-electron chi connectivity index (χ2n) is 5.36. The normalized spacial score (nSPS) is 11.5. The van der Waals surface area contributed by atoms with Crippen LogP contribution in [0, 0.1) is 11.3 Å². The minimum absolute atomic E-state index is 0.141. The molecular weight excluding hydrogens is 367 g/mol. The number of H-pyrrole nitrogens is 1. The van der Waals surface area contributed by atoms with Gasteiger partial charge in [0, 0.05) is 0 Å². The quantitative estimate of drug-likeness (QED) is 0.657. The highest BCUT2D eigenvalue weighted by Crippen LogP contribution is 2.16. The summed E-state index contributed by atoms with van der Waals surface area (Å²) < 4.78 is 45.8. The van der Waals surface area contributed by atoms with E-state index in [0.29, 0.717) is 16.6 Å². The zero-order valence-electron chi connectivity index (χ0n) is 13.7. The molecule has 0 spiro atoms. The number of fused-ring (bicyclic) bond motifs is 1. The lowest BCUT2D eigenvalue weighted by molar-refractivity contribution is -0.325. The third-order valence-electron chi connectivity index (χ3n) is 3.47. The maximum Gasteiger partial charge on any atom is 0.522 e. The van der Waals surface area contributed by atoms with E-state index in [0.717, 1.165) is 0 Å². The molecule has 0 saturated heterocycles. The van der Waals surface area contributed by atoms with E-state index in [1.165, 1.54) is 10.8 Å². The fraction of sp³-hybridized carbons (Fsp3) is 0.250. The van der Waals surface area contributed by atoms with Crippen molar-refractivity contribution >= 4 is 11.2 Å². The van der Waals surface area contributed by atoms with E-state index in [4.69, 9.17) is 10.00 Å². The molecule has 3 aromatic rings. The molecule has 2 aromatic heterocycles. The maximum atomic E-state index is 12.2. The number of ether oxygens (including phenoxy) is 2. The number of nitrogens with zero attached hydrogens (tertiary/aromatic N) is 4. The minimum atomic E-state index is -4.74. The summed E-state index contributed by atoms with van der Waals surface area (Å²) in [6.45, 7) is -0.988. The van der Waals surface area contributed by atoms with Crippen LogP contribution < -0.4 is 10.4 Å². The van der Waals surface area contributed by atoms with Gasteiger partial charge in [-0.25, -0.2) is 9.78 Å². The van der Waals surface area contributed by atoms with Crippen LogP contribution in [0.3, 0.4) is 0 Å². The summed E-state index contributed by atoms with van der Waals surface area (Å²) in [5.41, 5.74) is 1.28. The van der Waals surface area contributed by atoms with Crippen molar-refractivity contribution < 1.29 is 22.6 Å². The van der Waals surface area contributed by atoms with Crippen molar-refractivity contribution in [3.8, 4) is 12.1 Å². The summed E-state index contributed by atoms with van der Waals surface area (Å²) in [4.78, 5) is 22.6. The third-order valence-corrected chi connectivity index (χ3v) is 3.47. The van der Waals surface area contributed by atoms with Crippen molar-refractivity contribution in [3.63, 3.8) is 0 Å². The van der Waals surface area contributed by atoms with Gasteiger partial charge in [-0.2, -0.15) is 10.2 Å². The first-order valence-corrected chi connectivity index (χ1v) is 7.64. The van der Waals surface area contributed by atoms with E-state index in [1.54, 1.807) is 24.3 Å². The Hall–Kier alpha value is -3.39. The molecule has 8 nitrogen and oxygen atoms in total. The van der Waals surface area contributed by atoms with E-state index < -0.39 is 25.3 Å². The maximum absolute atomic E-state index is 12.2. The number of halogens is 3. The van der Waals surface area contributed by atoms with Gasteiger partial charge in [-0.15, -0.1) is 13.2 Å². The van der Waals surface area contributed by atoms with Gasteiger partial charge in [0.05, 0.1) is 31.0 Å². The molecule has 0 bridgehead atoms. The molecule has 2 heterocycles. The number of nitrogens with one attached hydrogen (secondary N) is 1. The number of alkyl halides is 3. The van der Waals surface area contributed by atoms with Gasteiger partial charge in [-0.05, 0) is 17.7 Å². The topological polar surface area (TPSA) is 106 Å². The fourth-order valence-electron chi connectivity index (χ4n) is 2.36. The van der Waals surface area contributed by atoms with Crippen molar-refractivity contribution in [2.75, 3.05) is 13.2 Å². The number of hydrogen-bond donors (Lipinski definition) is 1. The highest BCUT2D eigenvalue weighted by atomic mass is 19.4. The Kier molecular flexibility index (Phi) is 5.09. The van der Waals surface area contributed by atoms with Gasteiger partial charge in [0.2, 0.25) is 0 Å². The summed E-state index contributed by atoms with van der Waals surface area (Å²) in [6.07, 6.45) is -3.45. The van der Waals surface area contributed by atoms with Crippen molar-refractivity contribution in [2.45, 2.75) is 12.9 Å². The van der Waals surface area contributed by atoms with Gasteiger partial charge in [-0.3, -0.25) is 9.30 Å². The Bertz CT molecular complexity index is 1050. The van der Waals surface area contributed by atoms with Crippen molar-refractivity contribution in [1.29, 1.82) is 5.26 Å². The van der Waals surface area contributed by atoms with Gasteiger partial charge in [0.15, 0.2) is 5.65 Å². The number of aromatic nitrogens is 4. The average Bonchev–Trinajstić information content (AvgIpc) is 2.93. The number of hydrogen-bond acceptors (Lipinski definition) is 6. The van der Waals surface area contributed by atoms with Gasteiger partial charge < -0.3 is 9.72 Å². The van der Waals surface area contributed by atoms with E-state index >= 15 is 0 Å². The molecule has 0 aliphatic heterocycles. The molecule has 3 rings (SSSR count). The molecule has 27 heavy (non-hydrogen) atoms. The van der Waals surface area contributed by atoms with Gasteiger partial charge >= 0.3 is 18.1 Å². The molecular formula is C16H12F3N5O3. The number of nitriles is 1. The Morgan fingerprint density at radius 2 is 2.11 bits per heavy atom. The van der Waals surface area contributed by atoms with Crippen LogP contribution in [0.4, 0.5) is 13.2 Å². The average molecular weight is 379 g/mol. The lowest BCUT2D eigenvalue weighted by atomic mass is 10.1. The molecule has 0 unspecified atom stereocenters. The molecule has 11 heteroatoms. The summed E-state index contributed by atoms with van der Waals surface area (Å²) in [6, 6.07) is 8.54. The van der Waals surface area contributed by atoms with Crippen molar-refractivity contribution in [3.05, 3.63) is 52.1 Å². The smallest absolute Gasteiger partial charge is 0.461 e. The van der Waals surface area contributed by atoms with Crippen LogP contribution in [0.2, 0.25) is 0 Å². The molecule has 0 atom stereocenters. The molecule has 0 aliphatic rings. The first kappa shape index (κ1) is 18.4. The zero-order valence-corrected chi connectivity index (χ0v) is 13.7. The van der Waals surface area contributed by atoms with Crippen LogP contribution in [0.1, 0.15) is 11.1 Å². The molecule has 0 saturated carbocycles. The molecule has 1 N–H and O–H groups in total. The lowest BCUT2D eigenvalue weighted by Crippen LogP contribution is -2.19. The molecule has 0 amide bonds. The predicted molar refractivity (Wildman–Crippen MR) is 85.9 cm³/mol. The van der Waals surface area contributed by atoms with Crippen LogP contribution in [0.25, 0.3) is 11.2 Å². The highest BCUT2D eigenvalue weighted by Gasteiger charge is 2.28. The summed E-state index contributed by atoms with van der Waals surface area (Å²) >= 11 is 0. The number of benzene rings is 1. The standard InChI is InChI=1S/C16H12F3N5O3/c17-16(18,19)27-5-4-26-14-21-8-12-13(23-14)24(15(25)22-12)9-11-3-1-2-10(6-11)7-20/h1-3,6,8H,4-5,9H2,(H,22,25). The first-order valence-electron chi connectivity index (χ1n) is 7.64. The number of aromatic amines is 1. The van der Waals surface area contributed by atoms with Gasteiger partial charge in [0.25, 0.3) is 0 Å². The van der Waals surface area contributed by atoms with Crippen LogP contribution in [0.15, 0.2) is 35.3 Å². The summed E-state index contributed by atoms with van der Waals surface area (Å²) in [7, 11) is 0. The summed E-state index contributed by atoms with van der Waals surface area (Å²) in [5, 5.41) is 8.96. The van der Waals surface area contributed by atoms with E-state index in [2.05, 4.69) is 19.7 Å². The molecule has 140 valence electrons. The second kappa shape index (κ2) is 7.46. The SMILES string of the molecule is N#Cc1cccc(Cn2c(=O)[nH]c3cnc(OCCOC(F)(F)F)nc32)c1. The summed E-state index contributed by atoms with van der Waals surface area (Å²) in [5.74, 6) is 0. The third kappa shape index (κ3) is 4.62. The molecule has 0 aliphatic carbocycles. The Balaban J connectivity index is 1.80. The zero-order chi connectivity index (χ0) is 19.4. The second-order valence-corrected chi connectivity index (χ2v) is 5.36. The minimum Gasteiger partial charge on any atom is -0.461 e. The van der Waals surface area contributed by atoms with E-state index in [9.17, 15) is 18.0 Å². The van der Waals surface area contributed by atoms with Gasteiger partial charge in [0.1, 0.15) is 12.1 Å². The number of imidazole rings is 1.